The summed E-state index contributed by atoms with van der Waals surface area (Å²) in [5.41, 5.74) is 3.94. The van der Waals surface area contributed by atoms with Crippen LogP contribution in [0.4, 0.5) is 11.5 Å². The molecule has 9 heteroatoms. The lowest BCUT2D eigenvalue weighted by atomic mass is 9.79. The monoisotopic (exact) mass is 502 g/mol. The van der Waals surface area contributed by atoms with Crippen molar-refractivity contribution in [3.8, 4) is 5.82 Å². The highest BCUT2D eigenvalue weighted by Gasteiger charge is 2.51. The smallest absolute Gasteiger partial charge is 0.325 e. The third kappa shape index (κ3) is 3.28. The zero-order valence-corrected chi connectivity index (χ0v) is 20.2. The average molecular weight is 503 g/mol. The molecule has 2 amide bonds. The summed E-state index contributed by atoms with van der Waals surface area (Å²) < 4.78 is 2.96. The Morgan fingerprint density at radius 2 is 1.68 bits per heavy atom. The lowest BCUT2D eigenvalue weighted by molar-refractivity contribution is -0.120. The van der Waals surface area contributed by atoms with Crippen LogP contribution in [0.1, 0.15) is 16.7 Å². The van der Waals surface area contributed by atoms with Gasteiger partial charge in [0.2, 0.25) is 11.8 Å². The van der Waals surface area contributed by atoms with Gasteiger partial charge < -0.3 is 10.6 Å². The Kier molecular flexibility index (Phi) is 4.81. The first-order valence-electron chi connectivity index (χ1n) is 12.3. The first-order valence-corrected chi connectivity index (χ1v) is 12.3. The van der Waals surface area contributed by atoms with Gasteiger partial charge in [-0.1, -0.05) is 30.3 Å². The number of carbonyl (C=O) groups excluding carboxylic acids is 2. The summed E-state index contributed by atoms with van der Waals surface area (Å²) >= 11 is 0. The molecule has 0 radical (unpaired) electrons. The number of anilines is 2. The van der Waals surface area contributed by atoms with E-state index in [2.05, 4.69) is 20.6 Å². The van der Waals surface area contributed by atoms with Crippen LogP contribution < -0.4 is 16.3 Å². The zero-order valence-electron chi connectivity index (χ0n) is 20.2. The summed E-state index contributed by atoms with van der Waals surface area (Å²) in [7, 11) is 0. The standard InChI is InChI=1S/C29H22N6O3/c36-25(17-34-22-7-1-2-8-23(22)35(28(34)38)24-9-3-4-12-30-24)32-20-11-10-18-15-29(16-19(18)14-20)21-6-5-13-31-26(21)33-27(29)37/h1-14H,15-17H2,(H,32,36)(H,31,33,37)/t29-/m0/s1. The number of nitrogens with one attached hydrogen (secondary N) is 2. The summed E-state index contributed by atoms with van der Waals surface area (Å²) in [6, 6.07) is 22.2. The van der Waals surface area contributed by atoms with Gasteiger partial charge in [-0.25, -0.2) is 19.3 Å². The fraction of sp³-hybridized carbons (Fsp3) is 0.138. The molecule has 4 heterocycles. The van der Waals surface area contributed by atoms with Crippen LogP contribution in [-0.4, -0.2) is 30.9 Å². The molecular weight excluding hydrogens is 480 g/mol. The van der Waals surface area contributed by atoms with Gasteiger partial charge in [-0.05, 0) is 66.4 Å². The van der Waals surface area contributed by atoms with Gasteiger partial charge in [0.25, 0.3) is 0 Å². The number of nitrogens with zero attached hydrogens (tertiary/aromatic N) is 4. The maximum absolute atomic E-state index is 13.4. The summed E-state index contributed by atoms with van der Waals surface area (Å²) in [5.74, 6) is 0.746. The molecule has 0 saturated carbocycles. The zero-order chi connectivity index (χ0) is 25.9. The highest BCUT2D eigenvalue weighted by molar-refractivity contribution is 6.06. The van der Waals surface area contributed by atoms with Crippen molar-refractivity contribution in [2.45, 2.75) is 24.8 Å². The van der Waals surface area contributed by atoms with E-state index in [4.69, 9.17) is 0 Å². The van der Waals surface area contributed by atoms with Gasteiger partial charge in [-0.15, -0.1) is 0 Å². The second-order valence-corrected chi connectivity index (χ2v) is 9.70. The number of aromatic nitrogens is 4. The van der Waals surface area contributed by atoms with E-state index in [1.54, 1.807) is 24.5 Å². The van der Waals surface area contributed by atoms with Crippen LogP contribution in [0, 0.1) is 0 Å². The van der Waals surface area contributed by atoms with Crippen LogP contribution >= 0.6 is 0 Å². The molecule has 1 aliphatic heterocycles. The Bertz CT molecular complexity index is 1820. The molecule has 0 saturated heterocycles. The molecule has 7 rings (SSSR count). The number of para-hydroxylation sites is 2. The quantitative estimate of drug-likeness (QED) is 0.392. The van der Waals surface area contributed by atoms with Gasteiger partial charge in [0.15, 0.2) is 0 Å². The molecular formula is C29H22N6O3. The van der Waals surface area contributed by atoms with Crippen molar-refractivity contribution in [2.24, 2.45) is 0 Å². The minimum atomic E-state index is -0.671. The molecule has 38 heavy (non-hydrogen) atoms. The molecule has 1 spiro atoms. The predicted octanol–water partition coefficient (Wildman–Crippen LogP) is 3.21. The molecule has 0 bridgehead atoms. The van der Waals surface area contributed by atoms with Crippen LogP contribution in [0.15, 0.2) is 90.0 Å². The number of amides is 2. The summed E-state index contributed by atoms with van der Waals surface area (Å²) in [4.78, 5) is 48.1. The summed E-state index contributed by atoms with van der Waals surface area (Å²) in [5, 5.41) is 5.85. The highest BCUT2D eigenvalue weighted by Crippen LogP contribution is 2.46. The molecule has 0 unspecified atom stereocenters. The van der Waals surface area contributed by atoms with E-state index in [9.17, 15) is 14.4 Å². The van der Waals surface area contributed by atoms with Gasteiger partial charge >= 0.3 is 5.69 Å². The Labute approximate surface area is 216 Å². The van der Waals surface area contributed by atoms with Gasteiger partial charge in [0.05, 0.1) is 16.4 Å². The lowest BCUT2D eigenvalue weighted by Crippen LogP contribution is -2.35. The number of carbonyl (C=O) groups is 2. The SMILES string of the molecule is O=C(Cn1c(=O)n(-c2ccccn2)c2ccccc21)Nc1ccc2c(c1)C[C@]1(C2)C(=O)Nc2ncccc21. The minimum absolute atomic E-state index is 0.0448. The van der Waals surface area contributed by atoms with Crippen molar-refractivity contribution in [2.75, 3.05) is 10.6 Å². The maximum Gasteiger partial charge on any atom is 0.335 e. The van der Waals surface area contributed by atoms with Crippen LogP contribution in [0.5, 0.6) is 0 Å². The van der Waals surface area contributed by atoms with Crippen molar-refractivity contribution in [1.29, 1.82) is 0 Å². The van der Waals surface area contributed by atoms with E-state index in [0.29, 0.717) is 41.2 Å². The summed E-state index contributed by atoms with van der Waals surface area (Å²) in [6.07, 6.45) is 4.42. The molecule has 2 aliphatic rings. The molecule has 2 N–H and O–H groups in total. The van der Waals surface area contributed by atoms with Crippen molar-refractivity contribution in [3.05, 3.63) is 112 Å². The molecule has 2 aromatic carbocycles. The molecule has 5 aromatic rings. The normalized spacial score (nSPS) is 17.4. The van der Waals surface area contributed by atoms with Crippen LogP contribution in [-0.2, 0) is 34.4 Å². The van der Waals surface area contributed by atoms with Crippen molar-refractivity contribution in [3.63, 3.8) is 0 Å². The third-order valence-electron chi connectivity index (χ3n) is 7.48. The topological polar surface area (TPSA) is 111 Å². The van der Waals surface area contributed by atoms with Gasteiger partial charge in [-0.2, -0.15) is 0 Å². The van der Waals surface area contributed by atoms with E-state index in [1.165, 1.54) is 9.13 Å². The number of rotatable bonds is 4. The number of pyridine rings is 2. The predicted molar refractivity (Wildman–Crippen MR) is 142 cm³/mol. The highest BCUT2D eigenvalue weighted by atomic mass is 16.2. The Hall–Kier alpha value is -5.05. The first-order chi connectivity index (χ1) is 18.5. The molecule has 186 valence electrons. The number of fused-ring (bicyclic) bond motifs is 4. The Morgan fingerprint density at radius 1 is 0.895 bits per heavy atom. The van der Waals surface area contributed by atoms with Crippen molar-refractivity contribution < 1.29 is 9.59 Å². The fourth-order valence-corrected chi connectivity index (χ4v) is 5.76. The van der Waals surface area contributed by atoms with E-state index >= 15 is 0 Å². The van der Waals surface area contributed by atoms with E-state index in [1.807, 2.05) is 60.7 Å². The fourth-order valence-electron chi connectivity index (χ4n) is 5.76. The third-order valence-corrected chi connectivity index (χ3v) is 7.48. The Balaban J connectivity index is 1.16. The van der Waals surface area contributed by atoms with Crippen molar-refractivity contribution >= 4 is 34.4 Å². The first kappa shape index (κ1) is 22.2. The molecule has 1 aliphatic carbocycles. The van der Waals surface area contributed by atoms with E-state index in [-0.39, 0.29) is 24.0 Å². The maximum atomic E-state index is 13.4. The van der Waals surface area contributed by atoms with E-state index < -0.39 is 5.41 Å². The minimum Gasteiger partial charge on any atom is -0.325 e. The molecule has 0 fully saturated rings. The van der Waals surface area contributed by atoms with Crippen molar-refractivity contribution in [1.82, 2.24) is 19.1 Å². The van der Waals surface area contributed by atoms with Gasteiger partial charge in [-0.3, -0.25) is 14.2 Å². The van der Waals surface area contributed by atoms with Crippen LogP contribution in [0.3, 0.4) is 0 Å². The molecule has 3 aromatic heterocycles. The molecule has 1 atom stereocenters. The number of hydrogen-bond acceptors (Lipinski definition) is 5. The van der Waals surface area contributed by atoms with Gasteiger partial charge in [0.1, 0.15) is 18.2 Å². The second kappa shape index (κ2) is 8.24. The second-order valence-electron chi connectivity index (χ2n) is 9.70. The number of hydrogen-bond donors (Lipinski definition) is 2. The number of imidazole rings is 1. The average Bonchev–Trinajstić information content (AvgIpc) is 3.54. The van der Waals surface area contributed by atoms with Crippen LogP contribution in [0.2, 0.25) is 0 Å². The van der Waals surface area contributed by atoms with Gasteiger partial charge in [0, 0.05) is 23.6 Å². The summed E-state index contributed by atoms with van der Waals surface area (Å²) in [6.45, 7) is -0.151. The largest absolute Gasteiger partial charge is 0.335 e. The Morgan fingerprint density at radius 3 is 2.53 bits per heavy atom. The number of benzene rings is 2. The lowest BCUT2D eigenvalue weighted by Gasteiger charge is -2.20. The van der Waals surface area contributed by atoms with E-state index in [0.717, 1.165) is 16.7 Å². The van der Waals surface area contributed by atoms with Crippen LogP contribution in [0.25, 0.3) is 16.9 Å². The molecule has 9 nitrogen and oxygen atoms in total.